The molecule has 0 N–H and O–H groups in total. The van der Waals surface area contributed by atoms with Gasteiger partial charge in [0.2, 0.25) is 5.90 Å². The van der Waals surface area contributed by atoms with Crippen LogP contribution in [0.25, 0.3) is 0 Å². The summed E-state index contributed by atoms with van der Waals surface area (Å²) < 4.78 is 10.4. The van der Waals surface area contributed by atoms with Gasteiger partial charge in [0.25, 0.3) is 0 Å². The van der Waals surface area contributed by atoms with E-state index in [-0.39, 0.29) is 6.23 Å². The molecular formula is C8H13NO2. The number of ether oxygens (including phenoxy) is 2. The van der Waals surface area contributed by atoms with Gasteiger partial charge < -0.3 is 9.47 Å². The molecule has 0 spiro atoms. The molecule has 1 unspecified atom stereocenters. The molecule has 1 atom stereocenters. The molecule has 1 rings (SSSR count). The molecule has 0 saturated carbocycles. The van der Waals surface area contributed by atoms with Crippen molar-refractivity contribution in [3.63, 3.8) is 0 Å². The second-order valence-corrected chi connectivity index (χ2v) is 2.44. The van der Waals surface area contributed by atoms with Crippen molar-refractivity contribution in [2.45, 2.75) is 20.1 Å². The van der Waals surface area contributed by atoms with Crippen molar-refractivity contribution in [1.29, 1.82) is 0 Å². The molecule has 3 heteroatoms. The van der Waals surface area contributed by atoms with Crippen molar-refractivity contribution in [3.05, 3.63) is 12.2 Å². The third kappa shape index (κ3) is 2.05. The average molecular weight is 155 g/mol. The molecule has 0 saturated heterocycles. The van der Waals surface area contributed by atoms with Crippen LogP contribution in [0.4, 0.5) is 0 Å². The van der Waals surface area contributed by atoms with Crippen LogP contribution < -0.4 is 0 Å². The first-order valence-corrected chi connectivity index (χ1v) is 3.72. The van der Waals surface area contributed by atoms with Crippen LogP contribution in [0, 0.1) is 0 Å². The van der Waals surface area contributed by atoms with Crippen LogP contribution >= 0.6 is 0 Å². The van der Waals surface area contributed by atoms with Crippen molar-refractivity contribution in [2.24, 2.45) is 4.99 Å². The smallest absolute Gasteiger partial charge is 0.213 e. The van der Waals surface area contributed by atoms with Gasteiger partial charge in [0.15, 0.2) is 6.23 Å². The topological polar surface area (TPSA) is 30.8 Å². The molecule has 62 valence electrons. The minimum absolute atomic E-state index is 0.119. The predicted molar refractivity (Wildman–Crippen MR) is 43.6 cm³/mol. The summed E-state index contributed by atoms with van der Waals surface area (Å²) in [5.74, 6) is 0.628. The first-order chi connectivity index (χ1) is 5.24. The summed E-state index contributed by atoms with van der Waals surface area (Å²) in [4.78, 5) is 4.15. The SMILES string of the molecule is C=C(C)C1=NC(OCC)CO1. The largest absolute Gasteiger partial charge is 0.473 e. The van der Waals surface area contributed by atoms with Gasteiger partial charge in [0.1, 0.15) is 6.61 Å². The van der Waals surface area contributed by atoms with Crippen molar-refractivity contribution < 1.29 is 9.47 Å². The van der Waals surface area contributed by atoms with Gasteiger partial charge >= 0.3 is 0 Å². The van der Waals surface area contributed by atoms with Gasteiger partial charge in [0, 0.05) is 12.2 Å². The lowest BCUT2D eigenvalue weighted by atomic mass is 10.3. The highest BCUT2D eigenvalue weighted by Gasteiger charge is 2.18. The second kappa shape index (κ2) is 3.53. The molecule has 0 aromatic heterocycles. The normalized spacial score (nSPS) is 22.7. The summed E-state index contributed by atoms with van der Waals surface area (Å²) in [7, 11) is 0. The predicted octanol–water partition coefficient (Wildman–Crippen LogP) is 1.35. The van der Waals surface area contributed by atoms with Crippen LogP contribution in [-0.2, 0) is 9.47 Å². The van der Waals surface area contributed by atoms with Crippen LogP contribution in [0.2, 0.25) is 0 Å². The van der Waals surface area contributed by atoms with Gasteiger partial charge in [-0.2, -0.15) is 0 Å². The number of hydrogen-bond donors (Lipinski definition) is 0. The molecule has 0 aromatic rings. The maximum atomic E-state index is 5.23. The quantitative estimate of drug-likeness (QED) is 0.616. The summed E-state index contributed by atoms with van der Waals surface area (Å²) in [6.45, 7) is 8.72. The Morgan fingerprint density at radius 1 is 1.91 bits per heavy atom. The van der Waals surface area contributed by atoms with E-state index >= 15 is 0 Å². The Morgan fingerprint density at radius 3 is 3.09 bits per heavy atom. The summed E-state index contributed by atoms with van der Waals surface area (Å²) in [5.41, 5.74) is 0.854. The first-order valence-electron chi connectivity index (χ1n) is 3.72. The van der Waals surface area contributed by atoms with Gasteiger partial charge in [-0.3, -0.25) is 0 Å². The molecular weight excluding hydrogens is 142 g/mol. The molecule has 1 heterocycles. The highest BCUT2D eigenvalue weighted by Crippen LogP contribution is 2.09. The average Bonchev–Trinajstić information content (AvgIpc) is 2.37. The maximum Gasteiger partial charge on any atom is 0.213 e. The zero-order valence-corrected chi connectivity index (χ0v) is 6.96. The van der Waals surface area contributed by atoms with E-state index in [1.807, 2.05) is 13.8 Å². The molecule has 0 bridgehead atoms. The first kappa shape index (κ1) is 8.27. The highest BCUT2D eigenvalue weighted by molar-refractivity contribution is 5.93. The Kier molecular flexibility index (Phi) is 2.65. The molecule has 0 amide bonds. The van der Waals surface area contributed by atoms with Crippen LogP contribution in [0.1, 0.15) is 13.8 Å². The van der Waals surface area contributed by atoms with Gasteiger partial charge in [0.05, 0.1) is 0 Å². The van der Waals surface area contributed by atoms with E-state index in [2.05, 4.69) is 11.6 Å². The lowest BCUT2D eigenvalue weighted by Crippen LogP contribution is -2.10. The molecule has 0 fully saturated rings. The van der Waals surface area contributed by atoms with E-state index in [0.29, 0.717) is 19.1 Å². The third-order valence-electron chi connectivity index (χ3n) is 1.35. The van der Waals surface area contributed by atoms with Gasteiger partial charge in [-0.15, -0.1) is 0 Å². The fourth-order valence-electron chi connectivity index (χ4n) is 0.867. The number of hydrogen-bond acceptors (Lipinski definition) is 3. The molecule has 0 aromatic carbocycles. The minimum atomic E-state index is -0.119. The van der Waals surface area contributed by atoms with E-state index in [1.54, 1.807) is 0 Å². The zero-order chi connectivity index (χ0) is 8.27. The second-order valence-electron chi connectivity index (χ2n) is 2.44. The highest BCUT2D eigenvalue weighted by atomic mass is 16.6. The van der Waals surface area contributed by atoms with E-state index in [1.165, 1.54) is 0 Å². The molecule has 3 nitrogen and oxygen atoms in total. The standard InChI is InChI=1S/C8H13NO2/c1-4-10-7-5-11-8(9-7)6(2)3/h7H,2,4-5H2,1,3H3. The Labute approximate surface area is 66.7 Å². The Hall–Kier alpha value is -0.830. The molecule has 0 radical (unpaired) electrons. The lowest BCUT2D eigenvalue weighted by Gasteiger charge is -2.02. The molecule has 0 aliphatic carbocycles. The zero-order valence-electron chi connectivity index (χ0n) is 6.96. The lowest BCUT2D eigenvalue weighted by molar-refractivity contribution is 0.0495. The summed E-state index contributed by atoms with van der Waals surface area (Å²) >= 11 is 0. The number of rotatable bonds is 3. The van der Waals surface area contributed by atoms with Crippen LogP contribution in [0.3, 0.4) is 0 Å². The summed E-state index contributed by atoms with van der Waals surface area (Å²) in [6.07, 6.45) is -0.119. The van der Waals surface area contributed by atoms with Crippen molar-refractivity contribution >= 4 is 5.90 Å². The van der Waals surface area contributed by atoms with Crippen LogP contribution in [-0.4, -0.2) is 25.3 Å². The van der Waals surface area contributed by atoms with E-state index in [4.69, 9.17) is 9.47 Å². The Bertz CT molecular complexity index is 187. The van der Waals surface area contributed by atoms with Gasteiger partial charge in [-0.1, -0.05) is 6.58 Å². The van der Waals surface area contributed by atoms with E-state index < -0.39 is 0 Å². The fourth-order valence-corrected chi connectivity index (χ4v) is 0.867. The van der Waals surface area contributed by atoms with Crippen LogP contribution in [0.5, 0.6) is 0 Å². The van der Waals surface area contributed by atoms with E-state index in [0.717, 1.165) is 5.57 Å². The molecule has 1 aliphatic rings. The van der Waals surface area contributed by atoms with Gasteiger partial charge in [-0.05, 0) is 13.8 Å². The van der Waals surface area contributed by atoms with Crippen LogP contribution in [0.15, 0.2) is 17.1 Å². The number of aliphatic imine (C=N–C) groups is 1. The monoisotopic (exact) mass is 155 g/mol. The van der Waals surface area contributed by atoms with E-state index in [9.17, 15) is 0 Å². The minimum Gasteiger partial charge on any atom is -0.473 e. The van der Waals surface area contributed by atoms with Gasteiger partial charge in [-0.25, -0.2) is 4.99 Å². The fraction of sp³-hybridized carbons (Fsp3) is 0.625. The van der Waals surface area contributed by atoms with Crippen molar-refractivity contribution in [1.82, 2.24) is 0 Å². The molecule has 11 heavy (non-hydrogen) atoms. The Balaban J connectivity index is 2.47. The van der Waals surface area contributed by atoms with Crippen molar-refractivity contribution in [3.8, 4) is 0 Å². The Morgan fingerprint density at radius 2 is 2.64 bits per heavy atom. The summed E-state index contributed by atoms with van der Waals surface area (Å²) in [5, 5.41) is 0. The third-order valence-corrected chi connectivity index (χ3v) is 1.35. The maximum absolute atomic E-state index is 5.23. The number of nitrogens with zero attached hydrogens (tertiary/aromatic N) is 1. The molecule has 1 aliphatic heterocycles. The van der Waals surface area contributed by atoms with Crippen molar-refractivity contribution in [2.75, 3.05) is 13.2 Å². The summed E-state index contributed by atoms with van der Waals surface area (Å²) in [6, 6.07) is 0.